The molecule has 1 unspecified atom stereocenters. The first-order valence-electron chi connectivity index (χ1n) is 17.3. The average molecular weight is 657 g/mol. The van der Waals surface area contributed by atoms with Crippen LogP contribution in [0.1, 0.15) is 34.0 Å². The van der Waals surface area contributed by atoms with Crippen LogP contribution >= 0.6 is 0 Å². The number of aliphatic imine (C=N–C) groups is 2. The highest BCUT2D eigenvalue weighted by molar-refractivity contribution is 6.14. The van der Waals surface area contributed by atoms with E-state index in [9.17, 15) is 0 Å². The van der Waals surface area contributed by atoms with Gasteiger partial charge in [0.05, 0.1) is 5.56 Å². The van der Waals surface area contributed by atoms with Crippen LogP contribution in [0.2, 0.25) is 0 Å². The predicted molar refractivity (Wildman–Crippen MR) is 211 cm³/mol. The van der Waals surface area contributed by atoms with Gasteiger partial charge in [0, 0.05) is 23.1 Å². The quantitative estimate of drug-likeness (QED) is 0.194. The van der Waals surface area contributed by atoms with E-state index in [4.69, 9.17) is 14.4 Å². The molecule has 2 N–H and O–H groups in total. The molecule has 7 aromatic carbocycles. The van der Waals surface area contributed by atoms with Crippen molar-refractivity contribution in [2.45, 2.75) is 6.17 Å². The highest BCUT2D eigenvalue weighted by Crippen LogP contribution is 2.43. The molecule has 242 valence electrons. The van der Waals surface area contributed by atoms with E-state index >= 15 is 0 Å². The fourth-order valence-electron chi connectivity index (χ4n) is 7.48. The van der Waals surface area contributed by atoms with Crippen LogP contribution in [0, 0.1) is 0 Å². The number of benzene rings is 7. The molecule has 5 heteroatoms. The lowest BCUT2D eigenvalue weighted by atomic mass is 9.88. The number of furan rings is 1. The van der Waals surface area contributed by atoms with E-state index in [-0.39, 0.29) is 6.17 Å². The Labute approximate surface area is 295 Å². The van der Waals surface area contributed by atoms with Crippen LogP contribution in [0.4, 0.5) is 5.88 Å². The maximum absolute atomic E-state index is 6.21. The highest BCUT2D eigenvalue weighted by atomic mass is 16.3. The molecule has 8 aromatic rings. The fraction of sp³-hybridized carbons (Fsp3) is 0.0435. The summed E-state index contributed by atoms with van der Waals surface area (Å²) in [6.07, 6.45) is 2.00. The maximum atomic E-state index is 6.21. The van der Waals surface area contributed by atoms with Crippen LogP contribution in [0.5, 0.6) is 0 Å². The Balaban J connectivity index is 1.02. The second kappa shape index (κ2) is 12.0. The summed E-state index contributed by atoms with van der Waals surface area (Å²) in [5.41, 5.74) is 9.85. The van der Waals surface area contributed by atoms with E-state index in [0.717, 1.165) is 57.1 Å². The zero-order valence-electron chi connectivity index (χ0n) is 27.7. The van der Waals surface area contributed by atoms with Gasteiger partial charge in [-0.1, -0.05) is 152 Å². The zero-order valence-corrected chi connectivity index (χ0v) is 27.7. The summed E-state index contributed by atoms with van der Waals surface area (Å²) < 4.78 is 6.21. The molecule has 2 aliphatic rings. The number of anilines is 1. The van der Waals surface area contributed by atoms with E-state index < -0.39 is 0 Å². The largest absolute Gasteiger partial charge is 0.440 e. The van der Waals surface area contributed by atoms with Crippen LogP contribution in [0.3, 0.4) is 0 Å². The molecular weight excluding hydrogens is 625 g/mol. The van der Waals surface area contributed by atoms with Crippen LogP contribution in [-0.2, 0) is 0 Å². The first-order valence-corrected chi connectivity index (χ1v) is 17.3. The molecule has 10 rings (SSSR count). The predicted octanol–water partition coefficient (Wildman–Crippen LogP) is 10.8. The number of fused-ring (bicyclic) bond motifs is 5. The standard InChI is InChI=1S/C46H32N4O/c1-2-11-31(12-3-1)43-48-44(50-45(49-43)34-23-18-29-10-4-5-13-33(29)28-34)32-21-19-30(20-22-32)35-24-25-38(37-15-7-6-14-36(35)37)39-26-27-47-46-42(39)40-16-8-9-17-41(40)51-46/h1-26,28,45,47H,27H2,(H,48,49,50). The van der Waals surface area contributed by atoms with Crippen LogP contribution < -0.4 is 10.6 Å². The molecule has 0 saturated heterocycles. The maximum Gasteiger partial charge on any atom is 0.202 e. The number of hydrogen-bond acceptors (Lipinski definition) is 5. The van der Waals surface area contributed by atoms with Gasteiger partial charge in [0.1, 0.15) is 17.6 Å². The second-order valence-corrected chi connectivity index (χ2v) is 13.0. The first-order chi connectivity index (χ1) is 25.3. The number of hydrogen-bond donors (Lipinski definition) is 2. The smallest absolute Gasteiger partial charge is 0.202 e. The summed E-state index contributed by atoms with van der Waals surface area (Å²) >= 11 is 0. The third-order valence-corrected chi connectivity index (χ3v) is 9.98. The summed E-state index contributed by atoms with van der Waals surface area (Å²) in [7, 11) is 0. The molecule has 51 heavy (non-hydrogen) atoms. The van der Waals surface area contributed by atoms with Crippen molar-refractivity contribution >= 4 is 55.6 Å². The number of para-hydroxylation sites is 1. The Morgan fingerprint density at radius 2 is 1.25 bits per heavy atom. The normalized spacial score (nSPS) is 15.5. The van der Waals surface area contributed by atoms with E-state index in [1.807, 2.05) is 30.3 Å². The van der Waals surface area contributed by atoms with E-state index in [1.165, 1.54) is 38.2 Å². The lowest BCUT2D eigenvalue weighted by Gasteiger charge is -2.24. The molecule has 1 atom stereocenters. The fourth-order valence-corrected chi connectivity index (χ4v) is 7.48. The summed E-state index contributed by atoms with van der Waals surface area (Å²) in [6.45, 7) is 0.718. The molecule has 0 aliphatic carbocycles. The Hall–Kier alpha value is -6.72. The van der Waals surface area contributed by atoms with Gasteiger partial charge in [-0.05, 0) is 61.5 Å². The molecule has 2 aliphatic heterocycles. The average Bonchev–Trinajstić information content (AvgIpc) is 3.60. The SMILES string of the molecule is C1=C(c2ccc(-c3ccc(C4=NC(c5ccccc5)=NC(c5ccc6ccccc6c5)N4)cc3)c3ccccc23)c2c(oc3ccccc23)NC1. The molecule has 3 heterocycles. The highest BCUT2D eigenvalue weighted by Gasteiger charge is 2.24. The van der Waals surface area contributed by atoms with E-state index in [1.54, 1.807) is 0 Å². The zero-order chi connectivity index (χ0) is 33.7. The van der Waals surface area contributed by atoms with E-state index in [0.29, 0.717) is 5.84 Å². The Morgan fingerprint density at radius 3 is 2.10 bits per heavy atom. The summed E-state index contributed by atoms with van der Waals surface area (Å²) in [5, 5.41) is 13.0. The van der Waals surface area contributed by atoms with Crippen molar-refractivity contribution < 1.29 is 4.42 Å². The van der Waals surface area contributed by atoms with Crippen LogP contribution in [0.15, 0.2) is 178 Å². The minimum Gasteiger partial charge on any atom is -0.440 e. The molecule has 0 bridgehead atoms. The second-order valence-electron chi connectivity index (χ2n) is 13.0. The monoisotopic (exact) mass is 656 g/mol. The molecule has 5 nitrogen and oxygen atoms in total. The van der Waals surface area contributed by atoms with Crippen molar-refractivity contribution in [3.8, 4) is 11.1 Å². The third-order valence-electron chi connectivity index (χ3n) is 9.98. The summed E-state index contributed by atoms with van der Waals surface area (Å²) in [6, 6.07) is 55.4. The van der Waals surface area contributed by atoms with Gasteiger partial charge in [0.2, 0.25) is 5.88 Å². The van der Waals surface area contributed by atoms with Gasteiger partial charge in [0.25, 0.3) is 0 Å². The Kier molecular flexibility index (Phi) is 6.88. The molecule has 0 amide bonds. The molecule has 0 radical (unpaired) electrons. The minimum atomic E-state index is -0.273. The van der Waals surface area contributed by atoms with Gasteiger partial charge in [-0.25, -0.2) is 9.98 Å². The topological polar surface area (TPSA) is 61.9 Å². The van der Waals surface area contributed by atoms with E-state index in [2.05, 4.69) is 144 Å². The number of rotatable bonds is 5. The van der Waals surface area contributed by atoms with Gasteiger partial charge < -0.3 is 15.1 Å². The number of nitrogens with one attached hydrogen (secondary N) is 2. The minimum absolute atomic E-state index is 0.273. The Bertz CT molecular complexity index is 2720. The van der Waals surface area contributed by atoms with Gasteiger partial charge in [-0.3, -0.25) is 0 Å². The first kappa shape index (κ1) is 29.2. The van der Waals surface area contributed by atoms with Crippen molar-refractivity contribution in [1.29, 1.82) is 0 Å². The Morgan fingerprint density at radius 1 is 0.569 bits per heavy atom. The third kappa shape index (κ3) is 5.10. The van der Waals surface area contributed by atoms with Gasteiger partial charge in [0.15, 0.2) is 5.84 Å². The lowest BCUT2D eigenvalue weighted by molar-refractivity contribution is 0.627. The molecule has 0 fully saturated rings. The van der Waals surface area contributed by atoms with Crippen LogP contribution in [-0.4, -0.2) is 18.2 Å². The van der Waals surface area contributed by atoms with Crippen molar-refractivity contribution in [2.75, 3.05) is 11.9 Å². The summed E-state index contributed by atoms with van der Waals surface area (Å²) in [4.78, 5) is 10.1. The van der Waals surface area contributed by atoms with Gasteiger partial charge in [-0.2, -0.15) is 0 Å². The summed E-state index contributed by atoms with van der Waals surface area (Å²) in [5.74, 6) is 2.35. The van der Waals surface area contributed by atoms with Crippen molar-refractivity contribution in [3.05, 3.63) is 192 Å². The molecule has 0 saturated carbocycles. The number of amidine groups is 2. The van der Waals surface area contributed by atoms with Gasteiger partial charge in [-0.15, -0.1) is 0 Å². The molecule has 0 spiro atoms. The number of nitrogens with zero attached hydrogens (tertiary/aromatic N) is 2. The molecule has 1 aromatic heterocycles. The molecular formula is C46H32N4O. The van der Waals surface area contributed by atoms with Crippen LogP contribution in [0.25, 0.3) is 49.2 Å². The van der Waals surface area contributed by atoms with Crippen molar-refractivity contribution in [2.24, 2.45) is 9.98 Å². The lowest BCUT2D eigenvalue weighted by Crippen LogP contribution is -2.33. The van der Waals surface area contributed by atoms with Crippen molar-refractivity contribution in [3.63, 3.8) is 0 Å². The van der Waals surface area contributed by atoms with Gasteiger partial charge >= 0.3 is 0 Å². The van der Waals surface area contributed by atoms with Crippen molar-refractivity contribution in [1.82, 2.24) is 5.32 Å².